The number of barbiturate groups is 2. The van der Waals surface area contributed by atoms with Gasteiger partial charge in [-0.25, -0.2) is 9.59 Å². The highest BCUT2D eigenvalue weighted by molar-refractivity contribution is 6.31. The minimum atomic E-state index is -1.45. The summed E-state index contributed by atoms with van der Waals surface area (Å²) in [5.41, 5.74) is 0.402. The number of amides is 8. The van der Waals surface area contributed by atoms with Gasteiger partial charge in [-0.2, -0.15) is 0 Å². The number of carbonyl (C=O) groups excluding carboxylic acids is 6. The van der Waals surface area contributed by atoms with E-state index in [0.29, 0.717) is 24.1 Å². The topological polar surface area (TPSA) is 137 Å². The van der Waals surface area contributed by atoms with Crippen LogP contribution in [0.25, 0.3) is 6.08 Å². The Morgan fingerprint density at radius 1 is 1.08 bits per heavy atom. The molecule has 0 saturated carbocycles. The molecule has 1 aromatic carbocycles. The molecule has 12 nitrogen and oxygen atoms in total. The number of carbonyl (C=O) groups is 6. The molecule has 0 bridgehead atoms. The molecule has 1 spiro atoms. The highest BCUT2D eigenvalue weighted by atomic mass is 16.5. The molecule has 1 N–H and O–H groups in total. The van der Waals surface area contributed by atoms with Crippen LogP contribution in [-0.2, 0) is 30.3 Å². The maximum Gasteiger partial charge on any atom is 0.332 e. The fraction of sp³-hybridized carbons (Fsp3) is 0.440. The standard InChI is InChI=1S/C25H27N5O7/c1-27-21(33)25(22(34)28(2)24(27)36)13-15-11-14(6-7-17(15)29-8-4-5-18(25)29)12-16-19(31)26-23(35)30(20(16)32)9-10-37-3/h6-7,11-12,18H,4-5,8-10,13H2,1-3H3,(H,26,31,35)/b16-12+/t18-/m1/s1. The average molecular weight is 510 g/mol. The number of hydrogen-bond donors (Lipinski definition) is 1. The molecule has 0 unspecified atom stereocenters. The van der Waals surface area contributed by atoms with E-state index in [9.17, 15) is 28.8 Å². The van der Waals surface area contributed by atoms with Gasteiger partial charge in [-0.15, -0.1) is 0 Å². The molecule has 8 amide bonds. The summed E-state index contributed by atoms with van der Waals surface area (Å²) in [6, 6.07) is 3.49. The van der Waals surface area contributed by atoms with E-state index < -0.39 is 41.1 Å². The first-order chi connectivity index (χ1) is 17.6. The van der Waals surface area contributed by atoms with E-state index in [1.165, 1.54) is 27.3 Å². The normalized spacial score (nSPS) is 24.3. The van der Waals surface area contributed by atoms with Gasteiger partial charge in [-0.3, -0.25) is 39.2 Å². The van der Waals surface area contributed by atoms with Gasteiger partial charge in [0.05, 0.1) is 19.2 Å². The smallest absolute Gasteiger partial charge is 0.332 e. The maximum absolute atomic E-state index is 13.5. The summed E-state index contributed by atoms with van der Waals surface area (Å²) in [7, 11) is 4.20. The Bertz CT molecular complexity index is 1260. The molecular formula is C25H27N5O7. The highest BCUT2D eigenvalue weighted by Crippen LogP contribution is 2.49. The molecule has 0 aromatic heterocycles. The van der Waals surface area contributed by atoms with E-state index in [1.54, 1.807) is 12.1 Å². The van der Waals surface area contributed by atoms with Gasteiger partial charge < -0.3 is 9.64 Å². The van der Waals surface area contributed by atoms with Gasteiger partial charge in [0, 0.05) is 33.4 Å². The molecular weight excluding hydrogens is 482 g/mol. The van der Waals surface area contributed by atoms with Crippen LogP contribution >= 0.6 is 0 Å². The molecule has 3 saturated heterocycles. The summed E-state index contributed by atoms with van der Waals surface area (Å²) in [4.78, 5) is 82.0. The minimum Gasteiger partial charge on any atom is -0.383 e. The van der Waals surface area contributed by atoms with E-state index in [1.807, 2.05) is 11.0 Å². The third-order valence-corrected chi connectivity index (χ3v) is 7.67. The number of imide groups is 4. The van der Waals surface area contributed by atoms with Gasteiger partial charge in [0.15, 0.2) is 5.41 Å². The summed E-state index contributed by atoms with van der Waals surface area (Å²) in [5, 5.41) is 2.17. The van der Waals surface area contributed by atoms with Crippen LogP contribution in [-0.4, -0.2) is 97.3 Å². The van der Waals surface area contributed by atoms with Gasteiger partial charge in [0.2, 0.25) is 11.8 Å². The Morgan fingerprint density at radius 3 is 2.46 bits per heavy atom. The van der Waals surface area contributed by atoms with E-state index in [0.717, 1.165) is 26.8 Å². The molecule has 12 heteroatoms. The lowest BCUT2D eigenvalue weighted by Crippen LogP contribution is -2.70. The second-order valence-electron chi connectivity index (χ2n) is 9.67. The predicted octanol–water partition coefficient (Wildman–Crippen LogP) is 0.357. The van der Waals surface area contributed by atoms with Crippen LogP contribution < -0.4 is 10.2 Å². The van der Waals surface area contributed by atoms with Crippen LogP contribution in [0.4, 0.5) is 15.3 Å². The molecule has 37 heavy (non-hydrogen) atoms. The number of rotatable bonds is 4. The van der Waals surface area contributed by atoms with Crippen molar-refractivity contribution in [3.8, 4) is 0 Å². The first kappa shape index (κ1) is 24.6. The van der Waals surface area contributed by atoms with Gasteiger partial charge in [-0.05, 0) is 48.6 Å². The Hall–Kier alpha value is -4.06. The summed E-state index contributed by atoms with van der Waals surface area (Å²) >= 11 is 0. The summed E-state index contributed by atoms with van der Waals surface area (Å²) in [6.45, 7) is 0.754. The van der Waals surface area contributed by atoms with Crippen LogP contribution in [0.1, 0.15) is 24.0 Å². The van der Waals surface area contributed by atoms with Crippen molar-refractivity contribution < 1.29 is 33.5 Å². The van der Waals surface area contributed by atoms with E-state index in [4.69, 9.17) is 4.74 Å². The lowest BCUT2D eigenvalue weighted by molar-refractivity contribution is -0.159. The maximum atomic E-state index is 13.5. The molecule has 194 valence electrons. The number of methoxy groups -OCH3 is 1. The zero-order valence-electron chi connectivity index (χ0n) is 20.8. The van der Waals surface area contributed by atoms with Crippen molar-refractivity contribution in [1.29, 1.82) is 0 Å². The molecule has 4 heterocycles. The van der Waals surface area contributed by atoms with E-state index in [-0.39, 0.29) is 31.2 Å². The van der Waals surface area contributed by atoms with Gasteiger partial charge in [0.1, 0.15) is 5.57 Å². The van der Waals surface area contributed by atoms with Crippen LogP contribution in [0, 0.1) is 5.41 Å². The lowest BCUT2D eigenvalue weighted by atomic mass is 9.68. The Kier molecular flexibility index (Phi) is 5.86. The molecule has 4 aliphatic rings. The van der Waals surface area contributed by atoms with Crippen LogP contribution in [0.2, 0.25) is 0 Å². The molecule has 1 aromatic rings. The molecule has 1 atom stereocenters. The second kappa shape index (κ2) is 8.80. The van der Waals surface area contributed by atoms with Crippen molar-refractivity contribution >= 4 is 47.5 Å². The minimum absolute atomic E-state index is 0.0151. The largest absolute Gasteiger partial charge is 0.383 e. The number of ether oxygens (including phenoxy) is 1. The van der Waals surface area contributed by atoms with Crippen molar-refractivity contribution in [2.75, 3.05) is 45.8 Å². The molecule has 5 rings (SSSR count). The Labute approximate surface area is 212 Å². The zero-order chi connectivity index (χ0) is 26.6. The van der Waals surface area contributed by atoms with Crippen molar-refractivity contribution in [3.63, 3.8) is 0 Å². The van der Waals surface area contributed by atoms with Crippen molar-refractivity contribution in [1.82, 2.24) is 20.0 Å². The van der Waals surface area contributed by atoms with Gasteiger partial charge in [-0.1, -0.05) is 6.07 Å². The van der Waals surface area contributed by atoms with Crippen molar-refractivity contribution in [3.05, 3.63) is 34.9 Å². The first-order valence-electron chi connectivity index (χ1n) is 12.0. The number of hydrogen-bond acceptors (Lipinski definition) is 8. The highest BCUT2D eigenvalue weighted by Gasteiger charge is 2.63. The number of urea groups is 2. The number of nitrogens with one attached hydrogen (secondary N) is 1. The zero-order valence-corrected chi connectivity index (χ0v) is 20.8. The molecule has 3 fully saturated rings. The Balaban J connectivity index is 1.55. The Morgan fingerprint density at radius 2 is 1.78 bits per heavy atom. The van der Waals surface area contributed by atoms with E-state index in [2.05, 4.69) is 5.32 Å². The fourth-order valence-electron chi connectivity index (χ4n) is 5.87. The lowest BCUT2D eigenvalue weighted by Gasteiger charge is -2.50. The number of anilines is 1. The molecule has 0 radical (unpaired) electrons. The predicted molar refractivity (Wildman–Crippen MR) is 129 cm³/mol. The molecule has 4 aliphatic heterocycles. The third-order valence-electron chi connectivity index (χ3n) is 7.67. The van der Waals surface area contributed by atoms with Crippen LogP contribution in [0.15, 0.2) is 23.8 Å². The summed E-state index contributed by atoms with van der Waals surface area (Å²) in [6.07, 6.45) is 2.90. The monoisotopic (exact) mass is 509 g/mol. The average Bonchev–Trinajstić information content (AvgIpc) is 3.38. The third kappa shape index (κ3) is 3.54. The van der Waals surface area contributed by atoms with E-state index >= 15 is 0 Å². The van der Waals surface area contributed by atoms with Gasteiger partial charge in [0.25, 0.3) is 11.8 Å². The van der Waals surface area contributed by atoms with Crippen molar-refractivity contribution in [2.45, 2.75) is 25.3 Å². The number of fused-ring (bicyclic) bond motifs is 4. The van der Waals surface area contributed by atoms with Crippen molar-refractivity contribution in [2.24, 2.45) is 5.41 Å². The number of nitrogens with zero attached hydrogens (tertiary/aromatic N) is 4. The first-order valence-corrected chi connectivity index (χ1v) is 12.0. The van der Waals surface area contributed by atoms with Gasteiger partial charge >= 0.3 is 12.1 Å². The van der Waals surface area contributed by atoms with Crippen LogP contribution in [0.5, 0.6) is 0 Å². The quantitative estimate of drug-likeness (QED) is 0.349. The van der Waals surface area contributed by atoms with Crippen LogP contribution in [0.3, 0.4) is 0 Å². The second-order valence-corrected chi connectivity index (χ2v) is 9.67. The SMILES string of the molecule is COCCN1C(=O)NC(=O)/C(=C\c2ccc3c(c2)CC2(C(=O)N(C)C(=O)N(C)C2=O)[C@H]2CCCN32)C1=O. The molecule has 0 aliphatic carbocycles. The summed E-state index contributed by atoms with van der Waals surface area (Å²) < 4.78 is 4.95. The summed E-state index contributed by atoms with van der Waals surface area (Å²) in [5.74, 6) is -2.60. The number of benzene rings is 1. The fourth-order valence-corrected chi connectivity index (χ4v) is 5.87.